The van der Waals surface area contributed by atoms with Gasteiger partial charge < -0.3 is 44.6 Å². The minimum absolute atomic E-state index is 0.0926. The van der Waals surface area contributed by atoms with Crippen LogP contribution in [0.15, 0.2) is 0 Å². The van der Waals surface area contributed by atoms with Gasteiger partial charge in [0.05, 0.1) is 0 Å². The minimum atomic E-state index is -0.333. The average molecular weight is 427 g/mol. The van der Waals surface area contributed by atoms with Crippen LogP contribution in [0.5, 0.6) is 0 Å². The number of nitrogens with one attached hydrogen (secondary N) is 1. The van der Waals surface area contributed by atoms with Crippen LogP contribution < -0.4 is 39.7 Å². The molecule has 0 atom stereocenters. The molecule has 0 aromatic heterocycles. The van der Waals surface area contributed by atoms with Gasteiger partial charge in [-0.25, -0.2) is 0 Å². The van der Waals surface area contributed by atoms with Crippen molar-refractivity contribution in [3.05, 3.63) is 0 Å². The molecule has 0 saturated heterocycles. The second-order valence-corrected chi connectivity index (χ2v) is 5.18. The lowest BCUT2D eigenvalue weighted by atomic mass is 10.6. The number of hydrogen-bond acceptors (Lipinski definition) is 8. The standard InChI is InChI=1S/C4H13N3.C4H9NO.4C2H5NO/c5-1-3-7-4-2-6;1-4(6)5(2)3;4*1-2(3)4/h7H,1-6H2;1-3H3;4*1H3,(H2,3,4). The highest BCUT2D eigenvalue weighted by Crippen LogP contribution is 1.69. The van der Waals surface area contributed by atoms with Crippen molar-refractivity contribution >= 4 is 29.5 Å². The monoisotopic (exact) mass is 426 g/mol. The molecule has 0 bridgehead atoms. The van der Waals surface area contributed by atoms with E-state index < -0.39 is 0 Å². The van der Waals surface area contributed by atoms with Crippen molar-refractivity contribution in [3.63, 3.8) is 0 Å². The number of rotatable bonds is 4. The zero-order valence-corrected chi connectivity index (χ0v) is 18.8. The summed E-state index contributed by atoms with van der Waals surface area (Å²) in [6.07, 6.45) is 0. The summed E-state index contributed by atoms with van der Waals surface area (Å²) in [5, 5.41) is 3.03. The predicted octanol–water partition coefficient (Wildman–Crippen LogP) is -3.45. The first-order valence-electron chi connectivity index (χ1n) is 8.32. The fourth-order valence-corrected chi connectivity index (χ4v) is 0.329. The van der Waals surface area contributed by atoms with Crippen LogP contribution in [0.1, 0.15) is 34.6 Å². The first kappa shape index (κ1) is 40.8. The predicted molar refractivity (Wildman–Crippen MR) is 115 cm³/mol. The van der Waals surface area contributed by atoms with Crippen molar-refractivity contribution in [2.24, 2.45) is 34.4 Å². The first-order chi connectivity index (χ1) is 13.0. The summed E-state index contributed by atoms with van der Waals surface area (Å²) in [4.78, 5) is 48.5. The molecular formula is C16H42N8O5. The van der Waals surface area contributed by atoms with E-state index in [-0.39, 0.29) is 29.5 Å². The second-order valence-electron chi connectivity index (χ2n) is 5.18. The highest BCUT2D eigenvalue weighted by molar-refractivity contribution is 5.72. The molecule has 0 spiro atoms. The lowest BCUT2D eigenvalue weighted by Gasteiger charge is -2.02. The molecule has 0 unspecified atom stereocenters. The molecule has 0 rings (SSSR count). The van der Waals surface area contributed by atoms with Gasteiger partial charge in [0.1, 0.15) is 0 Å². The van der Waals surface area contributed by atoms with Gasteiger partial charge >= 0.3 is 0 Å². The van der Waals surface area contributed by atoms with Crippen molar-refractivity contribution < 1.29 is 24.0 Å². The Morgan fingerprint density at radius 2 is 0.759 bits per heavy atom. The maximum Gasteiger partial charge on any atom is 0.218 e. The van der Waals surface area contributed by atoms with E-state index in [9.17, 15) is 24.0 Å². The van der Waals surface area contributed by atoms with Crippen molar-refractivity contribution in [1.29, 1.82) is 0 Å². The molecule has 0 aromatic carbocycles. The maximum absolute atomic E-state index is 10.1. The van der Waals surface area contributed by atoms with Gasteiger partial charge in [0.2, 0.25) is 29.5 Å². The number of primary amides is 4. The van der Waals surface area contributed by atoms with E-state index in [4.69, 9.17) is 11.5 Å². The molecule has 13 nitrogen and oxygen atoms in total. The van der Waals surface area contributed by atoms with E-state index in [0.717, 1.165) is 13.1 Å². The van der Waals surface area contributed by atoms with E-state index in [1.54, 1.807) is 14.1 Å². The molecule has 0 aliphatic carbocycles. The molecule has 13 N–H and O–H groups in total. The number of carbonyl (C=O) groups is 5. The second kappa shape index (κ2) is 36.2. The Morgan fingerprint density at radius 3 is 0.828 bits per heavy atom. The van der Waals surface area contributed by atoms with E-state index in [2.05, 4.69) is 28.3 Å². The van der Waals surface area contributed by atoms with Crippen LogP contribution in [-0.2, 0) is 24.0 Å². The fourth-order valence-electron chi connectivity index (χ4n) is 0.329. The van der Waals surface area contributed by atoms with Crippen LogP contribution in [0.4, 0.5) is 0 Å². The van der Waals surface area contributed by atoms with Crippen LogP contribution in [0.2, 0.25) is 0 Å². The van der Waals surface area contributed by atoms with E-state index in [1.807, 2.05) is 0 Å². The minimum Gasteiger partial charge on any atom is -0.370 e. The largest absolute Gasteiger partial charge is 0.370 e. The fraction of sp³-hybridized carbons (Fsp3) is 0.688. The third kappa shape index (κ3) is 498. The van der Waals surface area contributed by atoms with Gasteiger partial charge in [-0.2, -0.15) is 0 Å². The zero-order valence-electron chi connectivity index (χ0n) is 18.8. The van der Waals surface area contributed by atoms with E-state index in [0.29, 0.717) is 13.1 Å². The third-order valence-corrected chi connectivity index (χ3v) is 1.27. The maximum atomic E-state index is 10.1. The topological polar surface area (TPSA) is 257 Å². The molecular weight excluding hydrogens is 384 g/mol. The van der Waals surface area contributed by atoms with Gasteiger partial charge in [-0.05, 0) is 0 Å². The summed E-state index contributed by atoms with van der Waals surface area (Å²) in [5.41, 5.74) is 28.2. The summed E-state index contributed by atoms with van der Waals surface area (Å²) >= 11 is 0. The molecule has 176 valence electrons. The van der Waals surface area contributed by atoms with Gasteiger partial charge in [0.25, 0.3) is 0 Å². The number of amides is 5. The smallest absolute Gasteiger partial charge is 0.218 e. The van der Waals surface area contributed by atoms with Crippen molar-refractivity contribution in [3.8, 4) is 0 Å². The highest BCUT2D eigenvalue weighted by Gasteiger charge is 1.87. The number of carbonyl (C=O) groups excluding carboxylic acids is 5. The Kier molecular flexibility index (Phi) is 50.9. The Hall–Kier alpha value is -2.77. The Morgan fingerprint density at radius 1 is 0.621 bits per heavy atom. The highest BCUT2D eigenvalue weighted by atomic mass is 16.2. The molecule has 0 fully saturated rings. The lowest BCUT2D eigenvalue weighted by molar-refractivity contribution is -0.126. The van der Waals surface area contributed by atoms with Gasteiger partial charge in [-0.3, -0.25) is 24.0 Å². The molecule has 0 saturated carbocycles. The molecule has 0 heterocycles. The first-order valence-corrected chi connectivity index (χ1v) is 8.32. The molecule has 0 aromatic rings. The normalized spacial score (nSPS) is 7.34. The summed E-state index contributed by atoms with van der Waals surface area (Å²) in [6, 6.07) is 0. The molecule has 13 heteroatoms. The van der Waals surface area contributed by atoms with Crippen LogP contribution in [-0.4, -0.2) is 74.7 Å². The summed E-state index contributed by atoms with van der Waals surface area (Å²) in [5.74, 6) is -1.24. The average Bonchev–Trinajstić information content (AvgIpc) is 2.46. The Labute approximate surface area is 173 Å². The number of nitrogens with zero attached hydrogens (tertiary/aromatic N) is 1. The quantitative estimate of drug-likeness (QED) is 0.222. The Bertz CT molecular complexity index is 350. The van der Waals surface area contributed by atoms with Crippen LogP contribution in [0.25, 0.3) is 0 Å². The van der Waals surface area contributed by atoms with E-state index in [1.165, 1.54) is 39.5 Å². The number of nitrogens with two attached hydrogens (primary N) is 6. The van der Waals surface area contributed by atoms with Crippen molar-refractivity contribution in [2.45, 2.75) is 34.6 Å². The van der Waals surface area contributed by atoms with Gasteiger partial charge in [-0.1, -0.05) is 0 Å². The van der Waals surface area contributed by atoms with Crippen LogP contribution in [0.3, 0.4) is 0 Å². The van der Waals surface area contributed by atoms with Gasteiger partial charge in [0.15, 0.2) is 0 Å². The molecule has 5 amide bonds. The van der Waals surface area contributed by atoms with E-state index >= 15 is 0 Å². The molecule has 0 aliphatic rings. The van der Waals surface area contributed by atoms with Crippen LogP contribution >= 0.6 is 0 Å². The zero-order chi connectivity index (χ0) is 25.0. The Balaban J connectivity index is -0.0000000558. The summed E-state index contributed by atoms with van der Waals surface area (Å²) in [7, 11) is 3.45. The van der Waals surface area contributed by atoms with Crippen molar-refractivity contribution in [1.82, 2.24) is 10.2 Å². The molecule has 29 heavy (non-hydrogen) atoms. The van der Waals surface area contributed by atoms with Crippen molar-refractivity contribution in [2.75, 3.05) is 40.3 Å². The third-order valence-electron chi connectivity index (χ3n) is 1.27. The van der Waals surface area contributed by atoms with Gasteiger partial charge in [0, 0.05) is 74.9 Å². The summed E-state index contributed by atoms with van der Waals surface area (Å²) in [6.45, 7) is 9.88. The molecule has 0 aliphatic heterocycles. The molecule has 0 radical (unpaired) electrons. The van der Waals surface area contributed by atoms with Gasteiger partial charge in [-0.15, -0.1) is 0 Å². The number of hydrogen-bond donors (Lipinski definition) is 7. The lowest BCUT2D eigenvalue weighted by Crippen LogP contribution is -2.27. The SMILES string of the molecule is CC(=O)N(C)C.CC(N)=O.CC(N)=O.CC(N)=O.CC(N)=O.NCCNCCN. The summed E-state index contributed by atoms with van der Waals surface area (Å²) < 4.78 is 0. The van der Waals surface area contributed by atoms with Crippen LogP contribution in [0, 0.1) is 0 Å².